The van der Waals surface area contributed by atoms with Crippen LogP contribution in [0.4, 0.5) is 0 Å². The van der Waals surface area contributed by atoms with Crippen molar-refractivity contribution >= 4 is 45.3 Å². The number of carboxylic acids is 1. The molecule has 2 aliphatic rings. The van der Waals surface area contributed by atoms with Crippen LogP contribution in [0, 0.1) is 11.3 Å². The minimum atomic E-state index is -3.75. The van der Waals surface area contributed by atoms with E-state index in [1.807, 2.05) is 30.3 Å². The van der Waals surface area contributed by atoms with E-state index in [1.54, 1.807) is 30.0 Å². The van der Waals surface area contributed by atoms with E-state index in [9.17, 15) is 23.1 Å². The Morgan fingerprint density at radius 1 is 1.13 bits per heavy atom. The Morgan fingerprint density at radius 2 is 1.79 bits per heavy atom. The normalized spacial score (nSPS) is 25.0. The number of nitrogens with zero attached hydrogens (tertiary/aromatic N) is 2. The average Bonchev–Trinajstić information content (AvgIpc) is 3.67. The molecule has 1 aliphatic carbocycles. The molecule has 2 N–H and O–H groups in total. The number of amides is 1. The monoisotopic (exact) mass is 581 g/mol. The van der Waals surface area contributed by atoms with E-state index in [2.05, 4.69) is 4.72 Å². The predicted molar refractivity (Wildman–Crippen MR) is 147 cm³/mol. The van der Waals surface area contributed by atoms with Crippen molar-refractivity contribution in [2.45, 2.75) is 50.6 Å². The van der Waals surface area contributed by atoms with Gasteiger partial charge in [0.1, 0.15) is 0 Å². The highest BCUT2D eigenvalue weighted by atomic mass is 35.5. The lowest BCUT2D eigenvalue weighted by molar-refractivity contribution is -0.161. The molecule has 4 unspecified atom stereocenters. The minimum Gasteiger partial charge on any atom is -0.481 e. The number of halogens is 2. The Hall–Kier alpha value is -2.17. The van der Waals surface area contributed by atoms with Crippen molar-refractivity contribution in [2.24, 2.45) is 11.3 Å². The second-order valence-electron chi connectivity index (χ2n) is 10.7. The zero-order valence-electron chi connectivity index (χ0n) is 21.6. The van der Waals surface area contributed by atoms with Gasteiger partial charge in [-0.25, -0.2) is 4.72 Å². The van der Waals surface area contributed by atoms with Crippen molar-refractivity contribution in [3.8, 4) is 0 Å². The smallest absolute Gasteiger partial charge is 0.304 e. The van der Waals surface area contributed by atoms with Crippen molar-refractivity contribution in [1.82, 2.24) is 13.9 Å². The van der Waals surface area contributed by atoms with Crippen LogP contribution in [-0.2, 0) is 19.8 Å². The van der Waals surface area contributed by atoms with E-state index < -0.39 is 33.7 Å². The minimum absolute atomic E-state index is 0.0203. The third-order valence-corrected chi connectivity index (χ3v) is 9.59. The van der Waals surface area contributed by atoms with Gasteiger partial charge in [0.2, 0.25) is 5.91 Å². The molecule has 1 saturated heterocycles. The summed E-state index contributed by atoms with van der Waals surface area (Å²) in [5.74, 6) is -1.56. The maximum Gasteiger partial charge on any atom is 0.304 e. The van der Waals surface area contributed by atoms with Gasteiger partial charge < -0.3 is 10.0 Å². The number of hydrogen-bond donors (Lipinski definition) is 2. The van der Waals surface area contributed by atoms with Crippen LogP contribution in [0.3, 0.4) is 0 Å². The van der Waals surface area contributed by atoms with Crippen LogP contribution in [0.25, 0.3) is 0 Å². The number of likely N-dealkylation sites (tertiary alicyclic amines) is 1. The van der Waals surface area contributed by atoms with Gasteiger partial charge in [0.15, 0.2) is 0 Å². The number of benzene rings is 2. The van der Waals surface area contributed by atoms with Gasteiger partial charge in [0.05, 0.1) is 17.9 Å². The van der Waals surface area contributed by atoms with E-state index >= 15 is 0 Å². The Balaban J connectivity index is 1.88. The molecule has 2 aromatic carbocycles. The number of carboxylic acid groups (broad SMARTS) is 1. The molecule has 0 radical (unpaired) electrons. The quantitative estimate of drug-likeness (QED) is 0.422. The van der Waals surface area contributed by atoms with Gasteiger partial charge in [-0.2, -0.15) is 12.7 Å². The molecule has 38 heavy (non-hydrogen) atoms. The van der Waals surface area contributed by atoms with Gasteiger partial charge in [-0.1, -0.05) is 54.4 Å². The highest BCUT2D eigenvalue weighted by molar-refractivity contribution is 7.87. The second-order valence-corrected chi connectivity index (χ2v) is 13.6. The second kappa shape index (κ2) is 11.1. The van der Waals surface area contributed by atoms with Crippen molar-refractivity contribution < 1.29 is 23.1 Å². The molecule has 206 valence electrons. The highest BCUT2D eigenvalue weighted by Crippen LogP contribution is 2.54. The Bertz CT molecular complexity index is 1300. The summed E-state index contributed by atoms with van der Waals surface area (Å²) < 4.78 is 29.0. The lowest BCUT2D eigenvalue weighted by Gasteiger charge is -2.52. The molecule has 11 heteroatoms. The molecule has 2 aromatic rings. The molecule has 1 amide bonds. The number of nitrogens with one attached hydrogen (secondary N) is 1. The first-order chi connectivity index (χ1) is 17.8. The SMILES string of the molecule is CN(C)S(=O)(=O)NCC(C1CC1)N1C(=O)C(C)(CC(=O)O)CC(c2cccc(Cl)c2)C1c1ccc(Cl)cc1. The summed E-state index contributed by atoms with van der Waals surface area (Å²) in [6, 6.07) is 13.7. The van der Waals surface area contributed by atoms with Gasteiger partial charge in [0.25, 0.3) is 10.2 Å². The van der Waals surface area contributed by atoms with Crippen LogP contribution < -0.4 is 4.72 Å². The Kier molecular flexibility index (Phi) is 8.45. The third kappa shape index (κ3) is 6.18. The Morgan fingerprint density at radius 3 is 2.34 bits per heavy atom. The lowest BCUT2D eigenvalue weighted by atomic mass is 9.67. The average molecular weight is 583 g/mol. The van der Waals surface area contributed by atoms with Gasteiger partial charge in [-0.15, -0.1) is 0 Å². The third-order valence-electron chi connectivity index (χ3n) is 7.61. The first-order valence-corrected chi connectivity index (χ1v) is 14.7. The molecule has 8 nitrogen and oxygen atoms in total. The number of carbonyl (C=O) groups excluding carboxylic acids is 1. The van der Waals surface area contributed by atoms with Crippen molar-refractivity contribution in [3.05, 3.63) is 69.7 Å². The maximum absolute atomic E-state index is 14.3. The molecule has 0 aromatic heterocycles. The van der Waals surface area contributed by atoms with Crippen LogP contribution >= 0.6 is 23.2 Å². The molecule has 1 saturated carbocycles. The lowest BCUT2D eigenvalue weighted by Crippen LogP contribution is -2.59. The fourth-order valence-electron chi connectivity index (χ4n) is 5.54. The van der Waals surface area contributed by atoms with E-state index in [0.717, 1.165) is 28.3 Å². The van der Waals surface area contributed by atoms with Crippen LogP contribution in [-0.4, -0.2) is 61.3 Å². The maximum atomic E-state index is 14.3. The zero-order valence-corrected chi connectivity index (χ0v) is 23.9. The summed E-state index contributed by atoms with van der Waals surface area (Å²) in [6.07, 6.45) is 1.66. The Labute approximate surface area is 234 Å². The van der Waals surface area contributed by atoms with Crippen LogP contribution in [0.15, 0.2) is 48.5 Å². The molecule has 2 fully saturated rings. The largest absolute Gasteiger partial charge is 0.481 e. The number of carbonyl (C=O) groups is 2. The van der Waals surface area contributed by atoms with Crippen molar-refractivity contribution in [2.75, 3.05) is 20.6 Å². The number of rotatable bonds is 10. The van der Waals surface area contributed by atoms with Gasteiger partial charge in [-0.3, -0.25) is 9.59 Å². The summed E-state index contributed by atoms with van der Waals surface area (Å²) in [6.45, 7) is 1.71. The van der Waals surface area contributed by atoms with E-state index in [1.165, 1.54) is 14.1 Å². The topological polar surface area (TPSA) is 107 Å². The van der Waals surface area contributed by atoms with Crippen molar-refractivity contribution in [3.63, 3.8) is 0 Å². The van der Waals surface area contributed by atoms with E-state index in [0.29, 0.717) is 16.5 Å². The highest BCUT2D eigenvalue weighted by Gasteiger charge is 2.54. The number of hydrogen-bond acceptors (Lipinski definition) is 4. The molecule has 4 rings (SSSR count). The molecule has 4 atom stereocenters. The van der Waals surface area contributed by atoms with E-state index in [-0.39, 0.29) is 30.7 Å². The van der Waals surface area contributed by atoms with Gasteiger partial charge >= 0.3 is 5.97 Å². The molecule has 0 bridgehead atoms. The van der Waals surface area contributed by atoms with E-state index in [4.69, 9.17) is 23.2 Å². The molecule has 1 aliphatic heterocycles. The number of aliphatic carboxylic acids is 1. The van der Waals surface area contributed by atoms with Crippen LogP contribution in [0.2, 0.25) is 10.0 Å². The molecular weight excluding hydrogens is 549 g/mol. The van der Waals surface area contributed by atoms with Gasteiger partial charge in [-0.05, 0) is 60.6 Å². The summed E-state index contributed by atoms with van der Waals surface area (Å²) >= 11 is 12.6. The summed E-state index contributed by atoms with van der Waals surface area (Å²) in [4.78, 5) is 28.0. The summed E-state index contributed by atoms with van der Waals surface area (Å²) in [7, 11) is -0.864. The van der Waals surface area contributed by atoms with Crippen LogP contribution in [0.1, 0.15) is 55.7 Å². The van der Waals surface area contributed by atoms with Crippen LogP contribution in [0.5, 0.6) is 0 Å². The first-order valence-electron chi connectivity index (χ1n) is 12.5. The standard InChI is InChI=1S/C27H33Cl2N3O5S/c1-27(15-24(33)34)14-22(19-5-4-6-21(29)13-19)25(18-9-11-20(28)12-10-18)32(26(27)35)23(17-7-8-17)16-30-38(36,37)31(2)3/h4-6,9-13,17,22-23,25,30H,7-8,14-16H2,1-3H3,(H,33,34). The fourth-order valence-corrected chi connectivity index (χ4v) is 6.50. The fraction of sp³-hybridized carbons (Fsp3) is 0.481. The molecule has 0 spiro atoms. The summed E-state index contributed by atoms with van der Waals surface area (Å²) in [5, 5.41) is 10.9. The predicted octanol–water partition coefficient (Wildman–Crippen LogP) is 4.71. The first kappa shape index (κ1) is 28.8. The van der Waals surface area contributed by atoms with Crippen molar-refractivity contribution in [1.29, 1.82) is 0 Å². The van der Waals surface area contributed by atoms with Gasteiger partial charge in [0, 0.05) is 42.6 Å². The number of piperidine rings is 1. The molecule has 1 heterocycles. The zero-order chi connectivity index (χ0) is 27.8. The summed E-state index contributed by atoms with van der Waals surface area (Å²) in [5.41, 5.74) is 0.524. The molecular formula is C27H33Cl2N3O5S.